The van der Waals surface area contributed by atoms with Gasteiger partial charge in [0, 0.05) is 222 Å². The minimum atomic E-state index is -1.88. The van der Waals surface area contributed by atoms with Crippen molar-refractivity contribution < 1.29 is 159 Å². The normalized spacial score (nSPS) is 27.5. The van der Waals surface area contributed by atoms with E-state index in [9.17, 15) is 29.4 Å². The van der Waals surface area contributed by atoms with Crippen LogP contribution in [0.5, 0.6) is 34.5 Å². The molecule has 0 radical (unpaired) electrons. The number of para-hydroxylation sites is 1. The van der Waals surface area contributed by atoms with E-state index in [1.54, 1.807) is 77.0 Å². The largest absolute Gasteiger partial charge is 0.497 e. The molecule has 4 fully saturated rings. The number of likely N-dealkylation sites (N-methyl/N-ethyl adjacent to an activating group) is 2. The molecule has 5 N–H and O–H groups in total. The maximum atomic E-state index is 15.5. The molecule has 712 valence electrons. The predicted octanol–water partition coefficient (Wildman–Crippen LogP) is 17.9. The van der Waals surface area contributed by atoms with Crippen molar-refractivity contribution >= 4 is 52.4 Å². The van der Waals surface area contributed by atoms with Crippen molar-refractivity contribution in [2.75, 3.05) is 118 Å². The molecular formula is C86H106F18N8O16. The number of methoxy groups -OCH3 is 5. The molecule has 8 aliphatic heterocycles. The Morgan fingerprint density at radius 3 is 1.39 bits per heavy atom. The summed E-state index contributed by atoms with van der Waals surface area (Å²) >= 11 is 0. The number of aromatic amines is 1. The molecule has 42 heteroatoms. The Morgan fingerprint density at radius 2 is 0.961 bits per heavy atom. The molecule has 15 atom stereocenters. The van der Waals surface area contributed by atoms with E-state index in [0.717, 1.165) is 102 Å². The molecule has 1 aromatic heterocycles. The van der Waals surface area contributed by atoms with Crippen LogP contribution >= 0.6 is 0 Å². The van der Waals surface area contributed by atoms with Gasteiger partial charge in [-0.15, -0.1) is 0 Å². The lowest BCUT2D eigenvalue weighted by molar-refractivity contribution is -0.217. The number of hydrogen-bond acceptors (Lipinski definition) is 21. The first-order valence-electron chi connectivity index (χ1n) is 39.5. The first kappa shape index (κ1) is 108. The van der Waals surface area contributed by atoms with E-state index in [2.05, 4.69) is 122 Å². The van der Waals surface area contributed by atoms with Gasteiger partial charge < -0.3 is 78.3 Å². The highest BCUT2D eigenvalue weighted by Crippen LogP contribution is 2.70. The number of rotatable bonds is 17. The highest BCUT2D eigenvalue weighted by molar-refractivity contribution is 5.94. The summed E-state index contributed by atoms with van der Waals surface area (Å²) in [5.41, 5.74) is 0.958. The quantitative estimate of drug-likeness (QED) is 0.0246. The third-order valence-electron chi connectivity index (χ3n) is 26.4. The number of H-pyrrole nitrogens is 1. The summed E-state index contributed by atoms with van der Waals surface area (Å²) < 4.78 is 196. The third-order valence-corrected chi connectivity index (χ3v) is 26.4. The first-order valence-corrected chi connectivity index (χ1v) is 39.5. The summed E-state index contributed by atoms with van der Waals surface area (Å²) in [6.07, 6.45) is 12.1. The number of carbonyl (C=O) groups is 5. The highest BCUT2D eigenvalue weighted by atomic mass is 20.0. The van der Waals surface area contributed by atoms with Gasteiger partial charge in [0.1, 0.15) is 63.3 Å². The van der Waals surface area contributed by atoms with Crippen LogP contribution < -0.4 is 48.9 Å². The Morgan fingerprint density at radius 1 is 0.523 bits per heavy atom. The molecule has 9 heterocycles. The molecule has 6 aromatic rings. The Hall–Kier alpha value is -10.9. The van der Waals surface area contributed by atoms with Crippen LogP contribution in [0.2, 0.25) is 0 Å². The molecule has 2 saturated heterocycles. The lowest BCUT2D eigenvalue weighted by atomic mass is 9.47. The lowest BCUT2D eigenvalue weighted by Gasteiger charge is -2.64. The average molecular weight is 1850 g/mol. The van der Waals surface area contributed by atoms with Crippen LogP contribution in [0, 0.1) is 16.7 Å². The Balaban J connectivity index is 0.000000410. The van der Waals surface area contributed by atoms with Crippen LogP contribution in [0.15, 0.2) is 139 Å². The van der Waals surface area contributed by atoms with Gasteiger partial charge in [-0.1, -0.05) is 88.4 Å². The fraction of sp³-hybridized carbons (Fsp3) is 0.500. The molecule has 128 heavy (non-hydrogen) atoms. The SMILES string of the molecule is C.CCC1=C[C@@H]2CN(CCc3c([nH]c4ccccc34)[C@@](C(=O)OC)(c3cc4c(cc3OC)N(C)[C@H]3[C@@](O)(CNC(=O)Oc5ccc(OC)cc5)[C@H](OC(C)=O)[C@]5(CC)C=CCN6CC[C@]43[C@@H]65)C2)C1.CC[C@]12C=CCN3CC[C@@]4(c5ccc(OC)cc5N(C)[C@H]4[C@@](O)(CNC(=O)Oc4ccc(OC)cc4)[C@@H]1OC(C)=O)[C@@H]32.FF.FF.FF.FF.FF.FF.FF.FF.FF. The summed E-state index contributed by atoms with van der Waals surface area (Å²) in [6, 6.07) is 30.4. The van der Waals surface area contributed by atoms with Gasteiger partial charge in [0.05, 0.1) is 60.7 Å². The summed E-state index contributed by atoms with van der Waals surface area (Å²) in [5, 5.41) is 33.8. The van der Waals surface area contributed by atoms with Crippen molar-refractivity contribution in [1.82, 2.24) is 30.3 Å². The Kier molecular flexibility index (Phi) is 39.9. The Labute approximate surface area is 726 Å². The summed E-state index contributed by atoms with van der Waals surface area (Å²) in [5.74, 6) is 1.73. The van der Waals surface area contributed by atoms with E-state index in [-0.39, 0.29) is 44.5 Å². The number of amides is 2. The highest BCUT2D eigenvalue weighted by Gasteiger charge is 2.80. The molecule has 10 aliphatic rings. The number of aromatic nitrogens is 1. The van der Waals surface area contributed by atoms with Crippen molar-refractivity contribution in [2.24, 2.45) is 16.7 Å². The molecule has 5 aromatic carbocycles. The standard InChI is InChI=1S/C53H63N5O9.C32H39N3O7.CH4.9F2/c1-8-33-25-34-28-52(48(60)65-7,44-38(19-23-57(29-33)30-34)37-13-10-11-14-41(37)55-44)40-26-39-42(27-43(40)64-6)56(4)46-51(39)21-24-58-22-12-20-50(9-2,45(51)58)47(66-32(3)59)53(46,62)31-54-49(61)67-36-17-15-35(63-5)16-18-36;1-6-30-14-7-16-35-17-15-31(26(30)35)24-13-12-23(40-5)18-25(24)34(3)27(31)32(38,28(30)41-20(2)36)19-33-29(37)42-22-10-8-21(39-4)9-11-22;;9*1-2/h10-18,20,25-27,34,45-47,55,62H,8-9,19,21-24,28-31H2,1-7H3,(H,54,61);7-14,18,26-28,38H,6,15-17,19H2,1-5H3,(H,33,37);1H4;;;;;;;;;/t34-,45-,46+,47+,50+,51+,52-,53-;26-,27+,28+,30+,31+,32-;;;;;;;;;;/m00........../s1. The number of fused-ring (bicyclic) bond motifs is 7. The number of halogens is 18. The van der Waals surface area contributed by atoms with Gasteiger partial charge in [-0.2, -0.15) is 0 Å². The second kappa shape index (κ2) is 47.5. The minimum Gasteiger partial charge on any atom is -0.497 e. The first-order chi connectivity index (χ1) is 61.4. The van der Waals surface area contributed by atoms with Crippen LogP contribution in [0.1, 0.15) is 109 Å². The molecule has 1 unspecified atom stereocenters. The second-order valence-electron chi connectivity index (χ2n) is 31.4. The zero-order valence-corrected chi connectivity index (χ0v) is 71.2. The van der Waals surface area contributed by atoms with E-state index < -0.39 is 86.7 Å². The number of nitrogens with one attached hydrogen (secondary N) is 3. The van der Waals surface area contributed by atoms with Crippen molar-refractivity contribution in [3.05, 3.63) is 167 Å². The van der Waals surface area contributed by atoms with Gasteiger partial charge in [0.15, 0.2) is 0 Å². The van der Waals surface area contributed by atoms with Crippen LogP contribution in [0.4, 0.5) is 103 Å². The summed E-state index contributed by atoms with van der Waals surface area (Å²) in [6.45, 7) is 14.1. The summed E-state index contributed by atoms with van der Waals surface area (Å²) in [4.78, 5) is 83.8. The zero-order valence-electron chi connectivity index (χ0n) is 71.2. The van der Waals surface area contributed by atoms with Crippen molar-refractivity contribution in [3.8, 4) is 34.5 Å². The van der Waals surface area contributed by atoms with Gasteiger partial charge in [-0.05, 0) is 147 Å². The van der Waals surface area contributed by atoms with E-state index in [4.69, 9.17) is 125 Å². The van der Waals surface area contributed by atoms with Gasteiger partial charge >= 0.3 is 30.1 Å². The monoisotopic (exact) mass is 1850 g/mol. The molecule has 2 amide bonds. The van der Waals surface area contributed by atoms with E-state index >= 15 is 4.79 Å². The number of hydrogen-bond donors (Lipinski definition) is 5. The Bertz CT molecular complexity index is 4720. The molecule has 16 rings (SSSR count). The number of anilines is 2. The third kappa shape index (κ3) is 19.0. The fourth-order valence-electron chi connectivity index (χ4n) is 22.6. The maximum absolute atomic E-state index is 15.5. The van der Waals surface area contributed by atoms with Gasteiger partial charge in [-0.3, -0.25) is 29.1 Å². The van der Waals surface area contributed by atoms with Crippen LogP contribution in [0.25, 0.3) is 10.9 Å². The van der Waals surface area contributed by atoms with Gasteiger partial charge in [0.25, 0.3) is 0 Å². The number of aliphatic hydroxyl groups is 2. The van der Waals surface area contributed by atoms with E-state index in [0.29, 0.717) is 73.1 Å². The van der Waals surface area contributed by atoms with E-state index in [1.807, 2.05) is 38.4 Å². The number of ether oxygens (including phenoxy) is 9. The summed E-state index contributed by atoms with van der Waals surface area (Å²) in [7, 11) is 11.8. The molecule has 2 bridgehead atoms. The van der Waals surface area contributed by atoms with Crippen LogP contribution in [-0.4, -0.2) is 216 Å². The smallest absolute Gasteiger partial charge is 0.412 e. The number of nitrogens with zero attached hydrogens (tertiary/aromatic N) is 5. The van der Waals surface area contributed by atoms with E-state index in [1.165, 1.54) is 26.5 Å². The van der Waals surface area contributed by atoms with Crippen LogP contribution in [-0.2, 0) is 51.3 Å². The average Bonchev–Trinajstić information content (AvgIpc) is 1.48. The number of carbonyl (C=O) groups excluding carboxylic acids is 5. The van der Waals surface area contributed by atoms with Crippen molar-refractivity contribution in [1.29, 1.82) is 0 Å². The minimum absolute atomic E-state index is 0. The molecule has 24 nitrogen and oxygen atoms in total. The molecule has 2 aliphatic carbocycles. The van der Waals surface area contributed by atoms with Gasteiger partial charge in [0.2, 0.25) is 0 Å². The van der Waals surface area contributed by atoms with Crippen LogP contribution in [0.3, 0.4) is 0 Å². The predicted molar refractivity (Wildman–Crippen MR) is 437 cm³/mol. The fourth-order valence-corrected chi connectivity index (χ4v) is 22.6. The molecule has 2 saturated carbocycles. The van der Waals surface area contributed by atoms with Gasteiger partial charge in [-0.25, -0.2) is 9.59 Å². The topological polar surface area (TPSA) is 265 Å². The zero-order chi connectivity index (χ0) is 94.9. The van der Waals surface area contributed by atoms with Crippen molar-refractivity contribution in [2.45, 2.75) is 151 Å². The number of esters is 3. The second-order valence-corrected chi connectivity index (χ2v) is 31.4. The molecular weight excluding hydrogens is 1740 g/mol. The van der Waals surface area contributed by atoms with Crippen molar-refractivity contribution in [3.63, 3.8) is 0 Å². The number of benzene rings is 5. The lowest BCUT2D eigenvalue weighted by Crippen LogP contribution is -2.81. The molecule has 2 spiro atoms. The maximum Gasteiger partial charge on any atom is 0.412 e.